The Balaban J connectivity index is 0.00000261. The molecule has 7 nitrogen and oxygen atoms in total. The lowest BCUT2D eigenvalue weighted by molar-refractivity contribution is 0.0598. The molecule has 0 aliphatic carbocycles. The van der Waals surface area contributed by atoms with Gasteiger partial charge in [-0.1, -0.05) is 23.7 Å². The Labute approximate surface area is 169 Å². The summed E-state index contributed by atoms with van der Waals surface area (Å²) in [5.41, 5.74) is 0.880. The monoisotopic (exact) mass is 434 g/mol. The number of piperazine rings is 1. The molecule has 1 fully saturated rings. The number of sulfonamides is 1. The number of hydrogen-bond donors (Lipinski definition) is 1. The minimum atomic E-state index is -3.94. The number of halogens is 2. The van der Waals surface area contributed by atoms with Crippen LogP contribution in [0.4, 0.5) is 0 Å². The van der Waals surface area contributed by atoms with Crippen LogP contribution in [0.15, 0.2) is 39.8 Å². The summed E-state index contributed by atoms with van der Waals surface area (Å²) < 4.78 is 37.7. The van der Waals surface area contributed by atoms with E-state index in [2.05, 4.69) is 10.1 Å². The highest BCUT2D eigenvalue weighted by molar-refractivity contribution is 7.89. The lowest BCUT2D eigenvalue weighted by Gasteiger charge is -2.34. The largest absolute Gasteiger partial charge is 0.465 e. The smallest absolute Gasteiger partial charge is 0.341 e. The van der Waals surface area contributed by atoms with Crippen molar-refractivity contribution >= 4 is 40.0 Å². The van der Waals surface area contributed by atoms with E-state index in [0.717, 1.165) is 5.56 Å². The van der Waals surface area contributed by atoms with Gasteiger partial charge in [0, 0.05) is 30.7 Å². The zero-order chi connectivity index (χ0) is 18.9. The first-order valence-corrected chi connectivity index (χ1v) is 9.83. The van der Waals surface area contributed by atoms with E-state index in [4.69, 9.17) is 16.0 Å². The summed E-state index contributed by atoms with van der Waals surface area (Å²) in [6, 6.07) is 7.88. The van der Waals surface area contributed by atoms with Crippen LogP contribution in [0.5, 0.6) is 0 Å². The van der Waals surface area contributed by atoms with Crippen molar-refractivity contribution in [2.45, 2.75) is 18.1 Å². The highest BCUT2D eigenvalue weighted by Gasteiger charge is 2.37. The van der Waals surface area contributed by atoms with Gasteiger partial charge in [-0.15, -0.1) is 12.4 Å². The van der Waals surface area contributed by atoms with E-state index >= 15 is 0 Å². The lowest BCUT2D eigenvalue weighted by Crippen LogP contribution is -2.48. The number of esters is 1. The van der Waals surface area contributed by atoms with Gasteiger partial charge in [-0.2, -0.15) is 4.31 Å². The van der Waals surface area contributed by atoms with Gasteiger partial charge < -0.3 is 14.5 Å². The molecule has 0 radical (unpaired) electrons. The number of furan rings is 1. The van der Waals surface area contributed by atoms with Crippen molar-refractivity contribution in [3.8, 4) is 0 Å². The third-order valence-electron chi connectivity index (χ3n) is 4.29. The summed E-state index contributed by atoms with van der Waals surface area (Å²) in [5, 5.41) is 3.46. The molecular weight excluding hydrogens is 415 g/mol. The van der Waals surface area contributed by atoms with Crippen LogP contribution in [0.25, 0.3) is 0 Å². The summed E-state index contributed by atoms with van der Waals surface area (Å²) in [5.74, 6) is -0.440. The third kappa shape index (κ3) is 4.30. The molecule has 1 atom stereocenters. The van der Waals surface area contributed by atoms with Gasteiger partial charge in [-0.3, -0.25) is 0 Å². The van der Waals surface area contributed by atoms with Gasteiger partial charge in [0.05, 0.1) is 13.2 Å². The Hall–Kier alpha value is -1.58. The van der Waals surface area contributed by atoms with Gasteiger partial charge in [0.2, 0.25) is 5.09 Å². The van der Waals surface area contributed by atoms with Gasteiger partial charge in [-0.25, -0.2) is 13.2 Å². The number of methoxy groups -OCH3 is 1. The summed E-state index contributed by atoms with van der Waals surface area (Å²) in [7, 11) is -2.71. The predicted octanol–water partition coefficient (Wildman–Crippen LogP) is 2.79. The normalized spacial score (nSPS) is 18.0. The lowest BCUT2D eigenvalue weighted by atomic mass is 10.1. The molecule has 2 heterocycles. The maximum Gasteiger partial charge on any atom is 0.341 e. The zero-order valence-corrected chi connectivity index (χ0v) is 17.2. The molecule has 1 N–H and O–H groups in total. The van der Waals surface area contributed by atoms with Crippen molar-refractivity contribution in [3.05, 3.63) is 52.2 Å². The molecule has 1 unspecified atom stereocenters. The summed E-state index contributed by atoms with van der Waals surface area (Å²) in [4.78, 5) is 11.8. The number of aryl methyl sites for hydroxylation is 1. The third-order valence-corrected chi connectivity index (χ3v) is 6.29. The summed E-state index contributed by atoms with van der Waals surface area (Å²) in [6.07, 6.45) is 0. The van der Waals surface area contributed by atoms with E-state index in [0.29, 0.717) is 18.1 Å². The van der Waals surface area contributed by atoms with Gasteiger partial charge in [0.1, 0.15) is 11.3 Å². The second kappa shape index (κ2) is 8.62. The highest BCUT2D eigenvalue weighted by atomic mass is 35.5. The number of carbonyl (C=O) groups excluding carboxylic acids is 1. The van der Waals surface area contributed by atoms with E-state index < -0.39 is 22.0 Å². The Kier molecular flexibility index (Phi) is 6.93. The molecule has 1 aliphatic rings. The van der Waals surface area contributed by atoms with Crippen LogP contribution in [0.1, 0.15) is 27.7 Å². The first-order valence-electron chi connectivity index (χ1n) is 8.01. The van der Waals surface area contributed by atoms with Crippen molar-refractivity contribution in [2.75, 3.05) is 26.7 Å². The molecule has 10 heteroatoms. The average Bonchev–Trinajstić information content (AvgIpc) is 3.03. The van der Waals surface area contributed by atoms with E-state index in [1.165, 1.54) is 24.4 Å². The molecule has 148 valence electrons. The standard InChI is InChI=1S/C17H19ClN2O5S.ClH/c1-11-14(17(21)24-2)9-16(25-11)26(22,23)20-7-6-19-10-15(20)12-4-3-5-13(18)8-12;/h3-5,8-9,15,19H,6-7,10H2,1-2H3;1H. The number of ether oxygens (including phenoxy) is 1. The molecule has 0 saturated carbocycles. The Bertz CT molecular complexity index is 929. The number of nitrogens with one attached hydrogen (secondary N) is 1. The minimum absolute atomic E-state index is 0. The van der Waals surface area contributed by atoms with Crippen LogP contribution in [0, 0.1) is 6.92 Å². The zero-order valence-electron chi connectivity index (χ0n) is 14.8. The number of nitrogens with zero attached hydrogens (tertiary/aromatic N) is 1. The fourth-order valence-electron chi connectivity index (χ4n) is 2.98. The maximum absolute atomic E-state index is 13.2. The fourth-order valence-corrected chi connectivity index (χ4v) is 4.77. The van der Waals surface area contributed by atoms with Crippen LogP contribution in [-0.2, 0) is 14.8 Å². The molecule has 1 aromatic heterocycles. The fraction of sp³-hybridized carbons (Fsp3) is 0.353. The van der Waals surface area contributed by atoms with E-state index in [1.807, 2.05) is 6.07 Å². The van der Waals surface area contributed by atoms with Gasteiger partial charge >= 0.3 is 5.97 Å². The summed E-state index contributed by atoms with van der Waals surface area (Å²) in [6.45, 7) is 2.76. The van der Waals surface area contributed by atoms with Crippen LogP contribution in [0.3, 0.4) is 0 Å². The van der Waals surface area contributed by atoms with Crippen molar-refractivity contribution in [3.63, 3.8) is 0 Å². The molecule has 0 bridgehead atoms. The Morgan fingerprint density at radius 2 is 2.11 bits per heavy atom. The topological polar surface area (TPSA) is 88.9 Å². The van der Waals surface area contributed by atoms with Crippen LogP contribution < -0.4 is 5.32 Å². The van der Waals surface area contributed by atoms with Crippen LogP contribution in [0.2, 0.25) is 5.02 Å². The average molecular weight is 435 g/mol. The molecule has 1 saturated heterocycles. The second-order valence-corrected chi connectivity index (χ2v) is 8.18. The van der Waals surface area contributed by atoms with E-state index in [9.17, 15) is 13.2 Å². The van der Waals surface area contributed by atoms with Gasteiger partial charge in [-0.05, 0) is 24.6 Å². The van der Waals surface area contributed by atoms with Crippen molar-refractivity contribution in [1.29, 1.82) is 0 Å². The predicted molar refractivity (Wildman–Crippen MR) is 103 cm³/mol. The molecule has 2 aromatic rings. The first-order chi connectivity index (χ1) is 12.3. The summed E-state index contributed by atoms with van der Waals surface area (Å²) >= 11 is 6.06. The minimum Gasteiger partial charge on any atom is -0.465 e. The number of benzene rings is 1. The van der Waals surface area contributed by atoms with Gasteiger partial charge in [0.25, 0.3) is 10.0 Å². The molecule has 1 aromatic carbocycles. The molecule has 3 rings (SSSR count). The molecule has 0 spiro atoms. The van der Waals surface area contributed by atoms with Crippen LogP contribution >= 0.6 is 24.0 Å². The van der Waals surface area contributed by atoms with Crippen molar-refractivity contribution < 1.29 is 22.4 Å². The highest BCUT2D eigenvalue weighted by Crippen LogP contribution is 2.31. The van der Waals surface area contributed by atoms with Crippen molar-refractivity contribution in [2.24, 2.45) is 0 Å². The quantitative estimate of drug-likeness (QED) is 0.744. The number of rotatable bonds is 4. The SMILES string of the molecule is COC(=O)c1cc(S(=O)(=O)N2CCNCC2c2cccc(Cl)c2)oc1C.Cl. The number of carbonyl (C=O) groups is 1. The van der Waals surface area contributed by atoms with E-state index in [1.54, 1.807) is 18.2 Å². The number of hydrogen-bond acceptors (Lipinski definition) is 6. The molecule has 0 amide bonds. The maximum atomic E-state index is 13.2. The van der Waals surface area contributed by atoms with Crippen molar-refractivity contribution in [1.82, 2.24) is 9.62 Å². The van der Waals surface area contributed by atoms with E-state index in [-0.39, 0.29) is 35.4 Å². The molecule has 1 aliphatic heterocycles. The van der Waals surface area contributed by atoms with Gasteiger partial charge in [0.15, 0.2) is 0 Å². The molecule has 27 heavy (non-hydrogen) atoms. The second-order valence-electron chi connectivity index (χ2n) is 5.92. The molecular formula is C17H20Cl2N2O5S. The Morgan fingerprint density at radius 3 is 2.78 bits per heavy atom. The van der Waals surface area contributed by atoms with Crippen LogP contribution in [-0.4, -0.2) is 45.4 Å². The Morgan fingerprint density at radius 1 is 1.37 bits per heavy atom. The first kappa shape index (κ1) is 21.7.